The van der Waals surface area contributed by atoms with Crippen LogP contribution in [0.25, 0.3) is 90.0 Å². The Morgan fingerprint density at radius 3 is 1.39 bits per heavy atom. The Balaban J connectivity index is 1.20. The van der Waals surface area contributed by atoms with E-state index < -0.39 is 0 Å². The third-order valence-electron chi connectivity index (χ3n) is 8.56. The number of rotatable bonds is 6. The van der Waals surface area contributed by atoms with Crippen LogP contribution in [0.3, 0.4) is 0 Å². The Hall–Kier alpha value is -6.79. The minimum atomic E-state index is 0.549. The fourth-order valence-corrected chi connectivity index (χ4v) is 6.13. The van der Waals surface area contributed by atoms with Gasteiger partial charge >= 0.3 is 0 Å². The van der Waals surface area contributed by atoms with E-state index in [0.717, 1.165) is 66.7 Å². The summed E-state index contributed by atoms with van der Waals surface area (Å²) in [4.78, 5) is 24.8. The molecule has 230 valence electrons. The van der Waals surface area contributed by atoms with Crippen LogP contribution >= 0.6 is 0 Å². The van der Waals surface area contributed by atoms with Crippen molar-refractivity contribution in [2.45, 2.75) is 0 Å². The molecule has 9 aromatic rings. The van der Waals surface area contributed by atoms with Crippen molar-refractivity contribution in [3.05, 3.63) is 164 Å². The number of benzene rings is 6. The van der Waals surface area contributed by atoms with Crippen molar-refractivity contribution < 1.29 is 4.42 Å². The number of nitrogens with zero attached hydrogens (tertiary/aromatic N) is 5. The lowest BCUT2D eigenvalue weighted by molar-refractivity contribution is 0.669. The molecule has 0 saturated heterocycles. The summed E-state index contributed by atoms with van der Waals surface area (Å²) in [5.41, 5.74) is 8.69. The Morgan fingerprint density at radius 2 is 0.816 bits per heavy atom. The molecule has 0 aliphatic rings. The molecular formula is C43H27N5O. The molecule has 6 nitrogen and oxygen atoms in total. The number of furan rings is 1. The van der Waals surface area contributed by atoms with Gasteiger partial charge in [0.2, 0.25) is 0 Å². The molecule has 0 saturated carbocycles. The second kappa shape index (κ2) is 12.1. The second-order valence-electron chi connectivity index (χ2n) is 11.7. The van der Waals surface area contributed by atoms with Gasteiger partial charge in [-0.2, -0.15) is 0 Å². The molecule has 0 unspecified atom stereocenters. The van der Waals surface area contributed by atoms with Crippen LogP contribution in [0.15, 0.2) is 168 Å². The average Bonchev–Trinajstić information content (AvgIpc) is 3.57. The van der Waals surface area contributed by atoms with Gasteiger partial charge in [0.15, 0.2) is 23.3 Å². The molecule has 3 aromatic heterocycles. The molecular weight excluding hydrogens is 603 g/mol. The topological polar surface area (TPSA) is 77.6 Å². The fourth-order valence-electron chi connectivity index (χ4n) is 6.13. The first-order chi connectivity index (χ1) is 24.3. The molecule has 0 atom stereocenters. The van der Waals surface area contributed by atoms with E-state index in [2.05, 4.69) is 36.4 Å². The first kappa shape index (κ1) is 28.4. The molecule has 0 fully saturated rings. The van der Waals surface area contributed by atoms with E-state index in [-0.39, 0.29) is 0 Å². The van der Waals surface area contributed by atoms with E-state index in [0.29, 0.717) is 23.3 Å². The highest BCUT2D eigenvalue weighted by Crippen LogP contribution is 2.38. The Kier molecular flexibility index (Phi) is 7.02. The molecule has 9 rings (SSSR count). The molecule has 6 heteroatoms. The highest BCUT2D eigenvalue weighted by atomic mass is 16.3. The monoisotopic (exact) mass is 629 g/mol. The summed E-state index contributed by atoms with van der Waals surface area (Å²) in [6.45, 7) is 0. The zero-order valence-corrected chi connectivity index (χ0v) is 26.2. The number of para-hydroxylation sites is 1. The zero-order chi connectivity index (χ0) is 32.6. The second-order valence-corrected chi connectivity index (χ2v) is 11.7. The maximum atomic E-state index is 6.68. The summed E-state index contributed by atoms with van der Waals surface area (Å²) in [6.07, 6.45) is 0. The normalized spacial score (nSPS) is 11.3. The van der Waals surface area contributed by atoms with Crippen LogP contribution in [-0.4, -0.2) is 24.9 Å². The molecule has 3 heterocycles. The van der Waals surface area contributed by atoms with Gasteiger partial charge in [-0.3, -0.25) is 0 Å². The third kappa shape index (κ3) is 5.41. The maximum absolute atomic E-state index is 6.68. The van der Waals surface area contributed by atoms with E-state index in [1.54, 1.807) is 0 Å². The quantitative estimate of drug-likeness (QED) is 0.182. The predicted octanol–water partition coefficient (Wildman–Crippen LogP) is 10.6. The number of aromatic nitrogens is 5. The van der Waals surface area contributed by atoms with Crippen molar-refractivity contribution in [3.63, 3.8) is 0 Å². The molecule has 0 radical (unpaired) electrons. The van der Waals surface area contributed by atoms with Crippen LogP contribution in [0.5, 0.6) is 0 Å². The van der Waals surface area contributed by atoms with Crippen LogP contribution in [0.2, 0.25) is 0 Å². The average molecular weight is 630 g/mol. The SMILES string of the molecule is c1ccc(-c2cc(-c3ccc4c(c3)oc3c(-c5nc(-c6ccccc6)nc(-c6ccccc6)n5)cccc34)nc(-c3ccccc3)n2)cc1. The summed E-state index contributed by atoms with van der Waals surface area (Å²) in [5, 5.41) is 1.99. The van der Waals surface area contributed by atoms with Crippen molar-refractivity contribution in [2.75, 3.05) is 0 Å². The van der Waals surface area contributed by atoms with Crippen LogP contribution in [-0.2, 0) is 0 Å². The van der Waals surface area contributed by atoms with E-state index in [1.165, 1.54) is 0 Å². The van der Waals surface area contributed by atoms with Gasteiger partial charge in [0, 0.05) is 38.6 Å². The summed E-state index contributed by atoms with van der Waals surface area (Å²) < 4.78 is 6.68. The summed E-state index contributed by atoms with van der Waals surface area (Å²) >= 11 is 0. The van der Waals surface area contributed by atoms with Crippen LogP contribution in [0.1, 0.15) is 0 Å². The van der Waals surface area contributed by atoms with Crippen LogP contribution < -0.4 is 0 Å². The minimum Gasteiger partial charge on any atom is -0.455 e. The standard InChI is InChI=1S/C43H27N5O/c1-5-14-28(15-6-1)36-27-37(45-40(44-36)29-16-7-2-8-17-29)32-24-25-33-34-22-13-23-35(39(34)49-38(33)26-32)43-47-41(30-18-9-3-10-19-30)46-42(48-43)31-20-11-4-12-21-31/h1-27H. The first-order valence-electron chi connectivity index (χ1n) is 16.1. The van der Waals surface area contributed by atoms with Gasteiger partial charge in [0.05, 0.1) is 17.0 Å². The molecule has 0 aliphatic heterocycles. The lowest BCUT2D eigenvalue weighted by Gasteiger charge is -2.09. The number of hydrogen-bond donors (Lipinski definition) is 0. The zero-order valence-electron chi connectivity index (χ0n) is 26.2. The Morgan fingerprint density at radius 1 is 0.327 bits per heavy atom. The van der Waals surface area contributed by atoms with Crippen molar-refractivity contribution in [3.8, 4) is 68.1 Å². The van der Waals surface area contributed by atoms with E-state index in [4.69, 9.17) is 29.3 Å². The van der Waals surface area contributed by atoms with Crippen molar-refractivity contribution >= 4 is 21.9 Å². The van der Waals surface area contributed by atoms with Crippen molar-refractivity contribution in [1.82, 2.24) is 24.9 Å². The first-order valence-corrected chi connectivity index (χ1v) is 16.1. The number of fused-ring (bicyclic) bond motifs is 3. The lowest BCUT2D eigenvalue weighted by atomic mass is 10.0. The smallest absolute Gasteiger partial charge is 0.167 e. The van der Waals surface area contributed by atoms with Gasteiger partial charge in [-0.1, -0.05) is 140 Å². The molecule has 0 N–H and O–H groups in total. The van der Waals surface area contributed by atoms with Crippen molar-refractivity contribution in [2.24, 2.45) is 0 Å². The van der Waals surface area contributed by atoms with Crippen molar-refractivity contribution in [1.29, 1.82) is 0 Å². The van der Waals surface area contributed by atoms with Gasteiger partial charge in [-0.15, -0.1) is 0 Å². The Bertz CT molecular complexity index is 2470. The molecule has 0 spiro atoms. The molecule has 0 amide bonds. The predicted molar refractivity (Wildman–Crippen MR) is 195 cm³/mol. The number of hydrogen-bond acceptors (Lipinski definition) is 6. The highest BCUT2D eigenvalue weighted by Gasteiger charge is 2.19. The van der Waals surface area contributed by atoms with Gasteiger partial charge in [-0.05, 0) is 24.3 Å². The van der Waals surface area contributed by atoms with Crippen LogP contribution in [0, 0.1) is 0 Å². The molecule has 49 heavy (non-hydrogen) atoms. The molecule has 0 aliphatic carbocycles. The minimum absolute atomic E-state index is 0.549. The fraction of sp³-hybridized carbons (Fsp3) is 0. The van der Waals surface area contributed by atoms with Crippen LogP contribution in [0.4, 0.5) is 0 Å². The largest absolute Gasteiger partial charge is 0.455 e. The summed E-state index contributed by atoms with van der Waals surface area (Å²) in [7, 11) is 0. The van der Waals surface area contributed by atoms with Gasteiger partial charge in [-0.25, -0.2) is 24.9 Å². The Labute approximate surface area is 282 Å². The van der Waals surface area contributed by atoms with E-state index in [1.807, 2.05) is 127 Å². The molecule has 6 aromatic carbocycles. The maximum Gasteiger partial charge on any atom is 0.167 e. The van der Waals surface area contributed by atoms with Gasteiger partial charge in [0.25, 0.3) is 0 Å². The van der Waals surface area contributed by atoms with Gasteiger partial charge in [0.1, 0.15) is 11.2 Å². The highest BCUT2D eigenvalue weighted by molar-refractivity contribution is 6.09. The summed E-state index contributed by atoms with van der Waals surface area (Å²) in [6, 6.07) is 54.6. The van der Waals surface area contributed by atoms with E-state index >= 15 is 0 Å². The van der Waals surface area contributed by atoms with Gasteiger partial charge < -0.3 is 4.42 Å². The summed E-state index contributed by atoms with van der Waals surface area (Å²) in [5.74, 6) is 2.43. The third-order valence-corrected chi connectivity index (χ3v) is 8.56. The molecule has 0 bridgehead atoms. The lowest BCUT2D eigenvalue weighted by Crippen LogP contribution is -2.00. The van der Waals surface area contributed by atoms with E-state index in [9.17, 15) is 0 Å².